The van der Waals surface area contributed by atoms with Crippen LogP contribution in [0.1, 0.15) is 5.56 Å². The standard InChI is InChI=1S/C10H10F4N2O2/c1-18-7-4-6(2-3-15-7)5-16-9(17)10(13,14)8(11)12/h2-4,8H,5H2,1H3,(H,16,17). The number of hydrogen-bond acceptors (Lipinski definition) is 3. The Morgan fingerprint density at radius 2 is 2.22 bits per heavy atom. The molecule has 1 aromatic heterocycles. The first-order valence-electron chi connectivity index (χ1n) is 4.81. The van der Waals surface area contributed by atoms with Gasteiger partial charge in [-0.25, -0.2) is 13.8 Å². The third kappa shape index (κ3) is 3.31. The Bertz CT molecular complexity index is 426. The number of aromatic nitrogens is 1. The summed E-state index contributed by atoms with van der Waals surface area (Å²) in [4.78, 5) is 14.6. The minimum Gasteiger partial charge on any atom is -0.481 e. The van der Waals surface area contributed by atoms with Crippen LogP contribution in [0.2, 0.25) is 0 Å². The average molecular weight is 266 g/mol. The molecule has 0 unspecified atom stereocenters. The molecule has 0 saturated carbocycles. The van der Waals surface area contributed by atoms with E-state index in [-0.39, 0.29) is 12.4 Å². The second-order valence-electron chi connectivity index (χ2n) is 3.31. The quantitative estimate of drug-likeness (QED) is 0.824. The molecular formula is C10H10F4N2O2. The van der Waals surface area contributed by atoms with E-state index < -0.39 is 18.3 Å². The van der Waals surface area contributed by atoms with Crippen molar-refractivity contribution < 1.29 is 27.1 Å². The first-order valence-corrected chi connectivity index (χ1v) is 4.81. The fourth-order valence-electron chi connectivity index (χ4n) is 1.07. The first kappa shape index (κ1) is 14.2. The van der Waals surface area contributed by atoms with Crippen molar-refractivity contribution in [2.45, 2.75) is 18.9 Å². The molecule has 1 rings (SSSR count). The molecule has 0 spiro atoms. The molecule has 0 aliphatic heterocycles. The Balaban J connectivity index is 2.62. The summed E-state index contributed by atoms with van der Waals surface area (Å²) >= 11 is 0. The summed E-state index contributed by atoms with van der Waals surface area (Å²) in [5, 5.41) is 1.72. The maximum Gasteiger partial charge on any atom is 0.383 e. The van der Waals surface area contributed by atoms with Crippen molar-refractivity contribution >= 4 is 5.91 Å². The molecule has 0 bridgehead atoms. The molecule has 0 radical (unpaired) electrons. The molecule has 1 aromatic rings. The molecule has 0 aliphatic carbocycles. The van der Waals surface area contributed by atoms with Crippen molar-refractivity contribution in [2.75, 3.05) is 7.11 Å². The van der Waals surface area contributed by atoms with Gasteiger partial charge < -0.3 is 10.1 Å². The van der Waals surface area contributed by atoms with Crippen LogP contribution in [0.4, 0.5) is 17.6 Å². The Morgan fingerprint density at radius 1 is 1.56 bits per heavy atom. The van der Waals surface area contributed by atoms with E-state index in [1.165, 1.54) is 25.4 Å². The van der Waals surface area contributed by atoms with Gasteiger partial charge in [-0.1, -0.05) is 0 Å². The molecule has 1 N–H and O–H groups in total. The highest BCUT2D eigenvalue weighted by Crippen LogP contribution is 2.22. The molecule has 18 heavy (non-hydrogen) atoms. The van der Waals surface area contributed by atoms with Gasteiger partial charge in [0.2, 0.25) is 5.88 Å². The Labute approximate surface area is 100.0 Å². The van der Waals surface area contributed by atoms with Gasteiger partial charge in [0, 0.05) is 18.8 Å². The number of alkyl halides is 4. The lowest BCUT2D eigenvalue weighted by Gasteiger charge is -2.14. The molecule has 100 valence electrons. The number of ether oxygens (including phenoxy) is 1. The van der Waals surface area contributed by atoms with Crippen molar-refractivity contribution in [2.24, 2.45) is 0 Å². The van der Waals surface area contributed by atoms with Gasteiger partial charge in [-0.2, -0.15) is 8.78 Å². The zero-order valence-corrected chi connectivity index (χ0v) is 9.29. The van der Waals surface area contributed by atoms with Crippen LogP contribution in [-0.4, -0.2) is 30.3 Å². The van der Waals surface area contributed by atoms with Gasteiger partial charge in [-0.15, -0.1) is 0 Å². The molecule has 1 amide bonds. The molecule has 1 heterocycles. The fraction of sp³-hybridized carbons (Fsp3) is 0.400. The monoisotopic (exact) mass is 266 g/mol. The van der Waals surface area contributed by atoms with Gasteiger partial charge in [0.25, 0.3) is 5.91 Å². The number of nitrogens with zero attached hydrogens (tertiary/aromatic N) is 1. The molecule has 8 heteroatoms. The van der Waals surface area contributed by atoms with Crippen LogP contribution >= 0.6 is 0 Å². The van der Waals surface area contributed by atoms with Crippen molar-refractivity contribution in [3.8, 4) is 5.88 Å². The third-order valence-electron chi connectivity index (χ3n) is 2.04. The summed E-state index contributed by atoms with van der Waals surface area (Å²) in [6.45, 7) is -0.319. The van der Waals surface area contributed by atoms with Crippen molar-refractivity contribution in [3.63, 3.8) is 0 Å². The van der Waals surface area contributed by atoms with E-state index in [0.29, 0.717) is 5.56 Å². The summed E-state index contributed by atoms with van der Waals surface area (Å²) < 4.78 is 53.7. The van der Waals surface area contributed by atoms with Crippen molar-refractivity contribution in [1.82, 2.24) is 10.3 Å². The largest absolute Gasteiger partial charge is 0.481 e. The molecular weight excluding hydrogens is 256 g/mol. The molecule has 0 aromatic carbocycles. The molecule has 0 atom stereocenters. The minimum atomic E-state index is -4.70. The maximum absolute atomic E-state index is 12.6. The van der Waals surface area contributed by atoms with Crippen molar-refractivity contribution in [3.05, 3.63) is 23.9 Å². The highest BCUT2D eigenvalue weighted by molar-refractivity contribution is 5.83. The molecule has 0 fully saturated rings. The van der Waals surface area contributed by atoms with E-state index in [1.54, 1.807) is 5.32 Å². The number of methoxy groups -OCH3 is 1. The Morgan fingerprint density at radius 3 is 2.78 bits per heavy atom. The van der Waals surface area contributed by atoms with Crippen LogP contribution in [0.3, 0.4) is 0 Å². The number of rotatable bonds is 5. The Kier molecular flexibility index (Phi) is 4.46. The number of halogens is 4. The zero-order valence-electron chi connectivity index (χ0n) is 9.29. The van der Waals surface area contributed by atoms with E-state index in [0.717, 1.165) is 0 Å². The van der Waals surface area contributed by atoms with Crippen LogP contribution in [0.25, 0.3) is 0 Å². The molecule has 0 saturated heterocycles. The lowest BCUT2D eigenvalue weighted by atomic mass is 10.2. The number of carbonyl (C=O) groups excluding carboxylic acids is 1. The van der Waals surface area contributed by atoms with E-state index >= 15 is 0 Å². The summed E-state index contributed by atoms with van der Waals surface area (Å²) in [6.07, 6.45) is -2.70. The van der Waals surface area contributed by atoms with Crippen LogP contribution in [0.5, 0.6) is 5.88 Å². The number of hydrogen-bond donors (Lipinski definition) is 1. The zero-order chi connectivity index (χ0) is 13.8. The SMILES string of the molecule is COc1cc(CNC(=O)C(F)(F)C(F)F)ccn1. The molecule has 0 aliphatic rings. The second-order valence-corrected chi connectivity index (χ2v) is 3.31. The third-order valence-corrected chi connectivity index (χ3v) is 2.04. The summed E-state index contributed by atoms with van der Waals surface area (Å²) in [6, 6.07) is 2.82. The van der Waals surface area contributed by atoms with Crippen LogP contribution in [0.15, 0.2) is 18.3 Å². The highest BCUT2D eigenvalue weighted by atomic mass is 19.3. The number of pyridine rings is 1. The van der Waals surface area contributed by atoms with Crippen molar-refractivity contribution in [1.29, 1.82) is 0 Å². The first-order chi connectivity index (χ1) is 8.37. The topological polar surface area (TPSA) is 51.2 Å². The van der Waals surface area contributed by atoms with Crippen LogP contribution in [-0.2, 0) is 11.3 Å². The fourth-order valence-corrected chi connectivity index (χ4v) is 1.07. The molecule has 4 nitrogen and oxygen atoms in total. The normalized spacial score (nSPS) is 11.4. The summed E-state index contributed by atoms with van der Waals surface area (Å²) in [5.74, 6) is -6.49. The van der Waals surface area contributed by atoms with E-state index in [2.05, 4.69) is 4.98 Å². The lowest BCUT2D eigenvalue weighted by Crippen LogP contribution is -2.44. The second kappa shape index (κ2) is 5.65. The summed E-state index contributed by atoms with van der Waals surface area (Å²) in [5.41, 5.74) is 0.403. The van der Waals surface area contributed by atoms with Gasteiger partial charge in [0.15, 0.2) is 0 Å². The smallest absolute Gasteiger partial charge is 0.383 e. The van der Waals surface area contributed by atoms with E-state index in [4.69, 9.17) is 4.74 Å². The van der Waals surface area contributed by atoms with E-state index in [1.807, 2.05) is 0 Å². The number of amides is 1. The van der Waals surface area contributed by atoms with Gasteiger partial charge in [0.1, 0.15) is 0 Å². The number of carbonyl (C=O) groups is 1. The van der Waals surface area contributed by atoms with Crippen LogP contribution < -0.4 is 10.1 Å². The average Bonchev–Trinajstić information content (AvgIpc) is 2.35. The highest BCUT2D eigenvalue weighted by Gasteiger charge is 2.48. The maximum atomic E-state index is 12.6. The van der Waals surface area contributed by atoms with Gasteiger partial charge >= 0.3 is 12.3 Å². The van der Waals surface area contributed by atoms with E-state index in [9.17, 15) is 22.4 Å². The minimum absolute atomic E-state index is 0.224. The lowest BCUT2D eigenvalue weighted by molar-refractivity contribution is -0.169. The van der Waals surface area contributed by atoms with Gasteiger partial charge in [0.05, 0.1) is 7.11 Å². The van der Waals surface area contributed by atoms with Gasteiger partial charge in [-0.3, -0.25) is 4.79 Å². The predicted molar refractivity (Wildman–Crippen MR) is 53.6 cm³/mol. The van der Waals surface area contributed by atoms with Gasteiger partial charge in [-0.05, 0) is 11.6 Å². The Hall–Kier alpha value is -1.86. The van der Waals surface area contributed by atoms with Crippen LogP contribution in [0, 0.1) is 0 Å². The number of nitrogens with one attached hydrogen (secondary N) is 1. The predicted octanol–water partition coefficient (Wildman–Crippen LogP) is 1.61. The summed E-state index contributed by atoms with van der Waals surface area (Å²) in [7, 11) is 1.36.